The number of carbonyl (C=O) groups excluding carboxylic acids is 1. The van der Waals surface area contributed by atoms with Gasteiger partial charge in [-0.1, -0.05) is 15.9 Å². The van der Waals surface area contributed by atoms with Crippen LogP contribution in [0.4, 0.5) is 5.69 Å². The van der Waals surface area contributed by atoms with Gasteiger partial charge in [0.15, 0.2) is 0 Å². The Bertz CT molecular complexity index is 442. The van der Waals surface area contributed by atoms with Gasteiger partial charge in [0.1, 0.15) is 0 Å². The van der Waals surface area contributed by atoms with Crippen molar-refractivity contribution in [1.29, 1.82) is 0 Å². The molecule has 0 aliphatic carbocycles. The third kappa shape index (κ3) is 2.79. The second-order valence-corrected chi connectivity index (χ2v) is 5.12. The smallest absolute Gasteiger partial charge is 0.251 e. The number of nitrogens with two attached hydrogens (primary N) is 1. The van der Waals surface area contributed by atoms with E-state index in [2.05, 4.69) is 21.2 Å². The summed E-state index contributed by atoms with van der Waals surface area (Å²) in [5.41, 5.74) is 7.87. The van der Waals surface area contributed by atoms with Crippen molar-refractivity contribution in [3.8, 4) is 0 Å². The molecule has 1 amide bonds. The molecular weight excluding hydrogens is 284 g/mol. The minimum Gasteiger partial charge on any atom is -0.398 e. The highest BCUT2D eigenvalue weighted by molar-refractivity contribution is 9.10. The third-order valence-corrected chi connectivity index (χ3v) is 3.38. The van der Waals surface area contributed by atoms with Gasteiger partial charge in [-0.25, -0.2) is 0 Å². The van der Waals surface area contributed by atoms with Gasteiger partial charge in [-0.2, -0.15) is 0 Å². The summed E-state index contributed by atoms with van der Waals surface area (Å²) in [5, 5.41) is 2.95. The lowest BCUT2D eigenvalue weighted by Crippen LogP contribution is -2.35. The molecule has 1 aromatic rings. The second kappa shape index (κ2) is 5.06. The number of anilines is 1. The van der Waals surface area contributed by atoms with Crippen LogP contribution >= 0.6 is 15.9 Å². The molecule has 1 atom stereocenters. The Hall–Kier alpha value is -1.07. The number of benzene rings is 1. The van der Waals surface area contributed by atoms with Crippen molar-refractivity contribution in [3.63, 3.8) is 0 Å². The summed E-state index contributed by atoms with van der Waals surface area (Å²) < 4.78 is 6.04. The first-order chi connectivity index (χ1) is 8.08. The number of amides is 1. The van der Waals surface area contributed by atoms with Gasteiger partial charge in [-0.05, 0) is 31.0 Å². The molecule has 17 heavy (non-hydrogen) atoms. The summed E-state index contributed by atoms with van der Waals surface area (Å²) in [7, 11) is 0. The number of halogens is 1. The predicted molar refractivity (Wildman–Crippen MR) is 70.0 cm³/mol. The van der Waals surface area contributed by atoms with E-state index in [1.165, 1.54) is 0 Å². The monoisotopic (exact) mass is 298 g/mol. The zero-order chi connectivity index (χ0) is 12.4. The SMILES string of the molecule is Cc1c(N)cc(Br)cc1C(=O)NC1CCOC1. The number of rotatable bonds is 2. The fraction of sp³-hybridized carbons (Fsp3) is 0.417. The summed E-state index contributed by atoms with van der Waals surface area (Å²) in [6.45, 7) is 3.15. The Morgan fingerprint density at radius 1 is 1.59 bits per heavy atom. The topological polar surface area (TPSA) is 64.4 Å². The number of ether oxygens (including phenoxy) is 1. The molecule has 3 N–H and O–H groups in total. The molecule has 1 unspecified atom stereocenters. The zero-order valence-corrected chi connectivity index (χ0v) is 11.2. The number of carbonyl (C=O) groups is 1. The van der Waals surface area contributed by atoms with E-state index in [9.17, 15) is 4.79 Å². The summed E-state index contributed by atoms with van der Waals surface area (Å²) in [4.78, 5) is 12.1. The van der Waals surface area contributed by atoms with E-state index in [0.717, 1.165) is 16.5 Å². The molecule has 4 nitrogen and oxygen atoms in total. The van der Waals surface area contributed by atoms with Crippen molar-refractivity contribution in [1.82, 2.24) is 5.32 Å². The van der Waals surface area contributed by atoms with E-state index in [1.54, 1.807) is 12.1 Å². The van der Waals surface area contributed by atoms with Crippen LogP contribution in [0.25, 0.3) is 0 Å². The second-order valence-electron chi connectivity index (χ2n) is 4.20. The van der Waals surface area contributed by atoms with Crippen LogP contribution in [0.15, 0.2) is 16.6 Å². The Labute approximate surface area is 109 Å². The molecule has 1 saturated heterocycles. The lowest BCUT2D eigenvalue weighted by molar-refractivity contribution is 0.0929. The third-order valence-electron chi connectivity index (χ3n) is 2.92. The van der Waals surface area contributed by atoms with E-state index in [-0.39, 0.29) is 11.9 Å². The molecule has 92 valence electrons. The van der Waals surface area contributed by atoms with Crippen LogP contribution < -0.4 is 11.1 Å². The molecule has 1 aliphatic rings. The maximum absolute atomic E-state index is 12.1. The van der Waals surface area contributed by atoms with E-state index in [1.807, 2.05) is 6.92 Å². The van der Waals surface area contributed by atoms with Gasteiger partial charge >= 0.3 is 0 Å². The van der Waals surface area contributed by atoms with Crippen LogP contribution in [0.3, 0.4) is 0 Å². The van der Waals surface area contributed by atoms with Gasteiger partial charge in [0.05, 0.1) is 12.6 Å². The zero-order valence-electron chi connectivity index (χ0n) is 9.63. The van der Waals surface area contributed by atoms with E-state index < -0.39 is 0 Å². The number of hydrogen-bond acceptors (Lipinski definition) is 3. The fourth-order valence-corrected chi connectivity index (χ4v) is 2.32. The van der Waals surface area contributed by atoms with E-state index in [4.69, 9.17) is 10.5 Å². The molecule has 2 rings (SSSR count). The Morgan fingerprint density at radius 3 is 3.00 bits per heavy atom. The van der Waals surface area contributed by atoms with Crippen LogP contribution in [0, 0.1) is 6.92 Å². The van der Waals surface area contributed by atoms with Gasteiger partial charge in [-0.3, -0.25) is 4.79 Å². The van der Waals surface area contributed by atoms with Crippen molar-refractivity contribution < 1.29 is 9.53 Å². The first-order valence-electron chi connectivity index (χ1n) is 5.52. The summed E-state index contributed by atoms with van der Waals surface area (Å²) in [6, 6.07) is 3.70. The van der Waals surface area contributed by atoms with Crippen LogP contribution in [0.5, 0.6) is 0 Å². The predicted octanol–water partition coefficient (Wildman–Crippen LogP) is 1.86. The summed E-state index contributed by atoms with van der Waals surface area (Å²) in [5.74, 6) is -0.0917. The largest absolute Gasteiger partial charge is 0.398 e. The maximum Gasteiger partial charge on any atom is 0.251 e. The lowest BCUT2D eigenvalue weighted by atomic mass is 10.1. The van der Waals surface area contributed by atoms with Gasteiger partial charge in [0.25, 0.3) is 5.91 Å². The summed E-state index contributed by atoms with van der Waals surface area (Å²) in [6.07, 6.45) is 0.869. The van der Waals surface area contributed by atoms with Crippen LogP contribution in [-0.4, -0.2) is 25.2 Å². The van der Waals surface area contributed by atoms with Gasteiger partial charge in [0.2, 0.25) is 0 Å². The molecule has 0 saturated carbocycles. The standard InChI is InChI=1S/C12H15BrN2O2/c1-7-10(4-8(13)5-11(7)14)12(16)15-9-2-3-17-6-9/h4-5,9H,2-3,6,14H2,1H3,(H,15,16). The van der Waals surface area contributed by atoms with Crippen LogP contribution in [0.1, 0.15) is 22.3 Å². The lowest BCUT2D eigenvalue weighted by Gasteiger charge is -2.13. The first-order valence-corrected chi connectivity index (χ1v) is 6.31. The molecule has 0 spiro atoms. The Morgan fingerprint density at radius 2 is 2.35 bits per heavy atom. The molecule has 5 heteroatoms. The normalized spacial score (nSPS) is 19.3. The van der Waals surface area contributed by atoms with Gasteiger partial charge < -0.3 is 15.8 Å². The average molecular weight is 299 g/mol. The fourth-order valence-electron chi connectivity index (χ4n) is 1.85. The van der Waals surface area contributed by atoms with Crippen molar-refractivity contribution in [2.24, 2.45) is 0 Å². The Kier molecular flexibility index (Phi) is 3.69. The molecule has 0 aromatic heterocycles. The van der Waals surface area contributed by atoms with Crippen molar-refractivity contribution in [2.75, 3.05) is 18.9 Å². The maximum atomic E-state index is 12.1. The van der Waals surface area contributed by atoms with Crippen molar-refractivity contribution >= 4 is 27.5 Å². The van der Waals surface area contributed by atoms with E-state index in [0.29, 0.717) is 24.5 Å². The quantitative estimate of drug-likeness (QED) is 0.819. The van der Waals surface area contributed by atoms with Crippen LogP contribution in [0.2, 0.25) is 0 Å². The van der Waals surface area contributed by atoms with Gasteiger partial charge in [0, 0.05) is 22.3 Å². The first kappa shape index (κ1) is 12.4. The highest BCUT2D eigenvalue weighted by Crippen LogP contribution is 2.23. The van der Waals surface area contributed by atoms with Gasteiger partial charge in [-0.15, -0.1) is 0 Å². The summed E-state index contributed by atoms with van der Waals surface area (Å²) >= 11 is 3.34. The minimum absolute atomic E-state index is 0.0917. The van der Waals surface area contributed by atoms with E-state index >= 15 is 0 Å². The molecule has 0 radical (unpaired) electrons. The molecular formula is C12H15BrN2O2. The molecule has 1 aliphatic heterocycles. The molecule has 1 fully saturated rings. The van der Waals surface area contributed by atoms with Crippen molar-refractivity contribution in [2.45, 2.75) is 19.4 Å². The number of hydrogen-bond donors (Lipinski definition) is 2. The van der Waals surface area contributed by atoms with Crippen LogP contribution in [-0.2, 0) is 4.74 Å². The number of nitrogens with one attached hydrogen (secondary N) is 1. The van der Waals surface area contributed by atoms with Crippen molar-refractivity contribution in [3.05, 3.63) is 27.7 Å². The number of nitrogen functional groups attached to an aromatic ring is 1. The minimum atomic E-state index is -0.0917. The highest BCUT2D eigenvalue weighted by atomic mass is 79.9. The average Bonchev–Trinajstić information content (AvgIpc) is 2.76. The molecule has 1 heterocycles. The molecule has 0 bridgehead atoms. The molecule has 1 aromatic carbocycles. The highest BCUT2D eigenvalue weighted by Gasteiger charge is 2.20. The Balaban J connectivity index is 2.18.